The van der Waals surface area contributed by atoms with Gasteiger partial charge < -0.3 is 9.47 Å². The van der Waals surface area contributed by atoms with Crippen molar-refractivity contribution < 1.29 is 14.3 Å². The third-order valence-corrected chi connectivity index (χ3v) is 3.23. The number of benzene rings is 1. The predicted molar refractivity (Wildman–Crippen MR) is 69.1 cm³/mol. The van der Waals surface area contributed by atoms with E-state index in [2.05, 4.69) is 4.98 Å². The minimum atomic E-state index is -0.310. The minimum Gasteiger partial charge on any atom is -0.497 e. The highest BCUT2D eigenvalue weighted by Gasteiger charge is 2.28. The van der Waals surface area contributed by atoms with Crippen LogP contribution in [-0.2, 0) is 11.2 Å². The lowest BCUT2D eigenvalue weighted by atomic mass is 9.99. The lowest BCUT2D eigenvalue weighted by Crippen LogP contribution is -2.22. The summed E-state index contributed by atoms with van der Waals surface area (Å²) in [5.41, 5.74) is 2.30. The molecule has 0 amide bonds. The summed E-state index contributed by atoms with van der Waals surface area (Å²) in [5, 5.41) is 0. The molecular formula is C15H13NO3. The maximum Gasteiger partial charge on any atom is 0.340 e. The van der Waals surface area contributed by atoms with E-state index in [9.17, 15) is 4.79 Å². The molecule has 1 atom stereocenters. The van der Waals surface area contributed by atoms with Gasteiger partial charge in [0.15, 0.2) is 0 Å². The number of carbonyl (C=O) groups excluding carboxylic acids is 1. The largest absolute Gasteiger partial charge is 0.497 e. The van der Waals surface area contributed by atoms with Crippen molar-refractivity contribution in [1.29, 1.82) is 0 Å². The molecule has 3 rings (SSSR count). The van der Waals surface area contributed by atoms with Crippen molar-refractivity contribution in [3.63, 3.8) is 0 Å². The first-order valence-electron chi connectivity index (χ1n) is 6.07. The van der Waals surface area contributed by atoms with Crippen LogP contribution in [0.3, 0.4) is 0 Å². The molecule has 2 heterocycles. The molecule has 0 fully saturated rings. The number of hydrogen-bond acceptors (Lipinski definition) is 4. The minimum absolute atomic E-state index is 0.277. The van der Waals surface area contributed by atoms with Crippen molar-refractivity contribution in [2.45, 2.75) is 12.5 Å². The van der Waals surface area contributed by atoms with Gasteiger partial charge >= 0.3 is 5.97 Å². The fraction of sp³-hybridized carbons (Fsp3) is 0.200. The van der Waals surface area contributed by atoms with Crippen LogP contribution in [0.4, 0.5) is 0 Å². The van der Waals surface area contributed by atoms with Gasteiger partial charge in [-0.15, -0.1) is 0 Å². The maximum absolute atomic E-state index is 11.9. The molecule has 0 saturated carbocycles. The molecule has 4 nitrogen and oxygen atoms in total. The zero-order valence-corrected chi connectivity index (χ0v) is 10.5. The van der Waals surface area contributed by atoms with Crippen LogP contribution in [0.1, 0.15) is 27.7 Å². The number of carbonyl (C=O) groups is 1. The van der Waals surface area contributed by atoms with Crippen LogP contribution in [-0.4, -0.2) is 18.1 Å². The first-order chi connectivity index (χ1) is 9.28. The van der Waals surface area contributed by atoms with Gasteiger partial charge in [0.1, 0.15) is 11.9 Å². The molecule has 2 aromatic rings. The highest BCUT2D eigenvalue weighted by Crippen LogP contribution is 2.30. The average Bonchev–Trinajstić information content (AvgIpc) is 2.47. The topological polar surface area (TPSA) is 48.4 Å². The van der Waals surface area contributed by atoms with E-state index in [1.54, 1.807) is 25.4 Å². The molecule has 19 heavy (non-hydrogen) atoms. The van der Waals surface area contributed by atoms with Crippen LogP contribution >= 0.6 is 0 Å². The van der Waals surface area contributed by atoms with Crippen molar-refractivity contribution in [2.75, 3.05) is 7.11 Å². The highest BCUT2D eigenvalue weighted by atomic mass is 16.5. The molecule has 1 aliphatic rings. The number of ether oxygens (including phenoxy) is 2. The Morgan fingerprint density at radius 1 is 1.26 bits per heavy atom. The van der Waals surface area contributed by atoms with Gasteiger partial charge in [-0.05, 0) is 29.8 Å². The van der Waals surface area contributed by atoms with Crippen LogP contribution in [0.5, 0.6) is 5.75 Å². The number of hydrogen-bond donors (Lipinski definition) is 0. The molecular weight excluding hydrogens is 242 g/mol. The van der Waals surface area contributed by atoms with Crippen molar-refractivity contribution in [3.05, 3.63) is 59.4 Å². The highest BCUT2D eigenvalue weighted by molar-refractivity contribution is 5.91. The average molecular weight is 255 g/mol. The van der Waals surface area contributed by atoms with Gasteiger partial charge in [-0.25, -0.2) is 4.79 Å². The van der Waals surface area contributed by atoms with Crippen molar-refractivity contribution >= 4 is 5.97 Å². The summed E-state index contributed by atoms with van der Waals surface area (Å²) in [6.07, 6.45) is 2.03. The van der Waals surface area contributed by atoms with Gasteiger partial charge in [0.05, 0.1) is 18.4 Å². The van der Waals surface area contributed by atoms with E-state index >= 15 is 0 Å². The van der Waals surface area contributed by atoms with Crippen molar-refractivity contribution in [2.24, 2.45) is 0 Å². The van der Waals surface area contributed by atoms with Crippen LogP contribution in [0.15, 0.2) is 42.6 Å². The summed E-state index contributed by atoms with van der Waals surface area (Å²) in [6.45, 7) is 0. The molecule has 1 aliphatic heterocycles. The monoisotopic (exact) mass is 255 g/mol. The number of nitrogens with zero attached hydrogens (tertiary/aromatic N) is 1. The summed E-state index contributed by atoms with van der Waals surface area (Å²) < 4.78 is 10.6. The van der Waals surface area contributed by atoms with E-state index in [0.717, 1.165) is 17.0 Å². The van der Waals surface area contributed by atoms with E-state index in [0.29, 0.717) is 12.0 Å². The summed E-state index contributed by atoms with van der Waals surface area (Å²) in [7, 11) is 1.62. The lowest BCUT2D eigenvalue weighted by molar-refractivity contribution is 0.0248. The fourth-order valence-corrected chi connectivity index (χ4v) is 2.20. The number of rotatable bonds is 2. The fourth-order valence-electron chi connectivity index (χ4n) is 2.20. The Hall–Kier alpha value is -2.36. The molecule has 1 aromatic carbocycles. The standard InChI is InChI=1S/C15H13NO3/c1-18-11-6-4-10(5-7-11)14-9-13-12(15(17)19-14)3-2-8-16-13/h2-8,14H,9H2,1H3. The number of pyridine rings is 1. The van der Waals surface area contributed by atoms with Crippen molar-refractivity contribution in [1.82, 2.24) is 4.98 Å². The first kappa shape index (κ1) is 11.7. The van der Waals surface area contributed by atoms with E-state index in [1.165, 1.54) is 0 Å². The quantitative estimate of drug-likeness (QED) is 0.774. The number of esters is 1. The Kier molecular flexibility index (Phi) is 2.91. The SMILES string of the molecule is COc1ccc(C2Cc3ncccc3C(=O)O2)cc1. The zero-order valence-electron chi connectivity index (χ0n) is 10.5. The van der Waals surface area contributed by atoms with Crippen LogP contribution < -0.4 is 4.74 Å². The molecule has 1 aromatic heterocycles. The van der Waals surface area contributed by atoms with Gasteiger partial charge in [-0.3, -0.25) is 4.98 Å². The Morgan fingerprint density at radius 3 is 2.79 bits per heavy atom. The lowest BCUT2D eigenvalue weighted by Gasteiger charge is -2.24. The summed E-state index contributed by atoms with van der Waals surface area (Å²) in [4.78, 5) is 16.2. The van der Waals surface area contributed by atoms with Crippen LogP contribution in [0, 0.1) is 0 Å². The third kappa shape index (κ3) is 2.17. The Morgan fingerprint density at radius 2 is 2.05 bits per heavy atom. The third-order valence-electron chi connectivity index (χ3n) is 3.23. The molecule has 0 radical (unpaired) electrons. The van der Waals surface area contributed by atoms with Gasteiger partial charge in [0, 0.05) is 12.6 Å². The van der Waals surface area contributed by atoms with E-state index in [-0.39, 0.29) is 12.1 Å². The normalized spacial score (nSPS) is 17.5. The second-order valence-corrected chi connectivity index (χ2v) is 4.37. The van der Waals surface area contributed by atoms with E-state index in [4.69, 9.17) is 9.47 Å². The number of methoxy groups -OCH3 is 1. The molecule has 4 heteroatoms. The molecule has 0 bridgehead atoms. The molecule has 1 unspecified atom stereocenters. The Balaban J connectivity index is 1.90. The van der Waals surface area contributed by atoms with Gasteiger partial charge in [-0.2, -0.15) is 0 Å². The second-order valence-electron chi connectivity index (χ2n) is 4.37. The second kappa shape index (κ2) is 4.72. The number of fused-ring (bicyclic) bond motifs is 1. The molecule has 0 N–H and O–H groups in total. The molecule has 0 saturated heterocycles. The smallest absolute Gasteiger partial charge is 0.340 e. The first-order valence-corrected chi connectivity index (χ1v) is 6.07. The summed E-state index contributed by atoms with van der Waals surface area (Å²) in [5.74, 6) is 0.472. The molecule has 96 valence electrons. The number of aromatic nitrogens is 1. The van der Waals surface area contributed by atoms with Crippen LogP contribution in [0.2, 0.25) is 0 Å². The summed E-state index contributed by atoms with van der Waals surface area (Å²) >= 11 is 0. The maximum atomic E-state index is 11.9. The van der Waals surface area contributed by atoms with E-state index in [1.807, 2.05) is 24.3 Å². The predicted octanol–water partition coefficient (Wildman–Crippen LogP) is 2.54. The van der Waals surface area contributed by atoms with E-state index < -0.39 is 0 Å². The van der Waals surface area contributed by atoms with Gasteiger partial charge in [0.2, 0.25) is 0 Å². The van der Waals surface area contributed by atoms with Crippen LogP contribution in [0.25, 0.3) is 0 Å². The zero-order chi connectivity index (χ0) is 13.2. The Bertz CT molecular complexity index is 607. The van der Waals surface area contributed by atoms with Gasteiger partial charge in [-0.1, -0.05) is 12.1 Å². The Labute approximate surface area is 111 Å². The van der Waals surface area contributed by atoms with Crippen molar-refractivity contribution in [3.8, 4) is 5.75 Å². The molecule has 0 spiro atoms. The van der Waals surface area contributed by atoms with Gasteiger partial charge in [0.25, 0.3) is 0 Å². The molecule has 0 aliphatic carbocycles. The number of cyclic esters (lactones) is 1. The summed E-state index contributed by atoms with van der Waals surface area (Å²) in [6, 6.07) is 11.0.